The summed E-state index contributed by atoms with van der Waals surface area (Å²) in [5.74, 6) is 0. The van der Waals surface area contributed by atoms with Gasteiger partial charge in [-0.3, -0.25) is 10.1 Å². The van der Waals surface area contributed by atoms with Crippen LogP contribution in [-0.4, -0.2) is 43.4 Å². The van der Waals surface area contributed by atoms with Crippen molar-refractivity contribution in [2.45, 2.75) is 18.2 Å². The molecule has 6 nitrogen and oxygen atoms in total. The van der Waals surface area contributed by atoms with Crippen molar-refractivity contribution in [3.05, 3.63) is 33.9 Å². The van der Waals surface area contributed by atoms with E-state index in [-0.39, 0.29) is 18.8 Å². The van der Waals surface area contributed by atoms with E-state index in [9.17, 15) is 23.3 Å². The van der Waals surface area contributed by atoms with Crippen LogP contribution < -0.4 is 4.90 Å². The first-order valence-corrected chi connectivity index (χ1v) is 7.13. The van der Waals surface area contributed by atoms with Crippen LogP contribution in [0.1, 0.15) is 12.0 Å². The Morgan fingerprint density at radius 2 is 2.09 bits per heavy atom. The smallest absolute Gasteiger partial charge is 0.378 e. The zero-order valence-corrected chi connectivity index (χ0v) is 12.1. The lowest BCUT2D eigenvalue weighted by Gasteiger charge is -2.41. The second kappa shape index (κ2) is 5.64. The van der Waals surface area contributed by atoms with Crippen molar-refractivity contribution in [3.8, 4) is 0 Å². The van der Waals surface area contributed by atoms with Crippen molar-refractivity contribution in [1.82, 2.24) is 0 Å². The molecule has 0 saturated carbocycles. The van der Waals surface area contributed by atoms with Crippen molar-refractivity contribution >= 4 is 11.4 Å². The molecule has 1 aromatic carbocycles. The molecule has 0 aromatic heterocycles. The van der Waals surface area contributed by atoms with Gasteiger partial charge in [-0.1, -0.05) is 0 Å². The van der Waals surface area contributed by atoms with Crippen LogP contribution in [0.2, 0.25) is 0 Å². The minimum atomic E-state index is -4.67. The zero-order chi connectivity index (χ0) is 16.7. The number of nitrogens with zero attached hydrogens (tertiary/aromatic N) is 2. The summed E-state index contributed by atoms with van der Waals surface area (Å²) in [6, 6.07) is 2.84. The third kappa shape index (κ3) is 3.11. The van der Waals surface area contributed by atoms with Gasteiger partial charge >= 0.3 is 6.18 Å². The molecule has 2 saturated heterocycles. The Labute approximate surface area is 129 Å². The lowest BCUT2D eigenvalue weighted by Crippen LogP contribution is -2.52. The zero-order valence-electron chi connectivity index (χ0n) is 12.1. The first kappa shape index (κ1) is 16.0. The third-order valence-electron chi connectivity index (χ3n) is 4.15. The van der Waals surface area contributed by atoms with E-state index >= 15 is 0 Å². The highest BCUT2D eigenvalue weighted by atomic mass is 19.4. The van der Waals surface area contributed by atoms with E-state index in [4.69, 9.17) is 9.47 Å². The van der Waals surface area contributed by atoms with Gasteiger partial charge in [-0.15, -0.1) is 0 Å². The van der Waals surface area contributed by atoms with E-state index < -0.39 is 28.0 Å². The summed E-state index contributed by atoms with van der Waals surface area (Å²) in [6.07, 6.45) is -4.04. The number of hydrogen-bond donors (Lipinski definition) is 0. The third-order valence-corrected chi connectivity index (χ3v) is 4.15. The van der Waals surface area contributed by atoms with Crippen molar-refractivity contribution < 1.29 is 27.6 Å². The second-order valence-corrected chi connectivity index (χ2v) is 5.71. The molecule has 0 N–H and O–H groups in total. The van der Waals surface area contributed by atoms with E-state index in [0.29, 0.717) is 32.2 Å². The fraction of sp³-hybridized carbons (Fsp3) is 0.571. The van der Waals surface area contributed by atoms with E-state index in [0.717, 1.165) is 12.1 Å². The van der Waals surface area contributed by atoms with Crippen LogP contribution in [0.15, 0.2) is 18.2 Å². The number of halogens is 3. The topological polar surface area (TPSA) is 64.8 Å². The molecule has 1 unspecified atom stereocenters. The van der Waals surface area contributed by atoms with Crippen LogP contribution in [0, 0.1) is 10.1 Å². The number of non-ortho nitro benzene ring substituents is 1. The highest BCUT2D eigenvalue weighted by Crippen LogP contribution is 2.40. The highest BCUT2D eigenvalue weighted by Gasteiger charge is 2.43. The summed E-state index contributed by atoms with van der Waals surface area (Å²) in [6.45, 7) is 1.71. The van der Waals surface area contributed by atoms with Crippen LogP contribution in [0.5, 0.6) is 0 Å². The standard InChI is InChI=1S/C14H15F3N2O4/c15-14(16,17)11-7-10(19(20)21)1-2-12(11)18-4-6-23-13(8-18)3-5-22-9-13/h1-2,7H,3-6,8-9H2. The molecular formula is C14H15F3N2O4. The molecule has 0 amide bonds. The average molecular weight is 332 g/mol. The summed E-state index contributed by atoms with van der Waals surface area (Å²) >= 11 is 0. The number of alkyl halides is 3. The Bertz CT molecular complexity index is 615. The summed E-state index contributed by atoms with van der Waals surface area (Å²) in [5, 5.41) is 10.8. The van der Waals surface area contributed by atoms with Gasteiger partial charge in [0.2, 0.25) is 0 Å². The molecule has 2 fully saturated rings. The Morgan fingerprint density at radius 1 is 1.30 bits per heavy atom. The summed E-state index contributed by atoms with van der Waals surface area (Å²) in [7, 11) is 0. The molecular weight excluding hydrogens is 317 g/mol. The lowest BCUT2D eigenvalue weighted by molar-refractivity contribution is -0.385. The van der Waals surface area contributed by atoms with Gasteiger partial charge < -0.3 is 14.4 Å². The molecule has 126 valence electrons. The van der Waals surface area contributed by atoms with Gasteiger partial charge in [-0.05, 0) is 6.07 Å². The number of rotatable bonds is 2. The predicted molar refractivity (Wildman–Crippen MR) is 74.4 cm³/mol. The molecule has 0 bridgehead atoms. The monoisotopic (exact) mass is 332 g/mol. The van der Waals surface area contributed by atoms with Gasteiger partial charge in [0.05, 0.1) is 23.7 Å². The van der Waals surface area contributed by atoms with E-state index in [2.05, 4.69) is 0 Å². The summed E-state index contributed by atoms with van der Waals surface area (Å²) < 4.78 is 50.9. The summed E-state index contributed by atoms with van der Waals surface area (Å²) in [5.41, 5.74) is -2.23. The van der Waals surface area contributed by atoms with E-state index in [1.807, 2.05) is 0 Å². The van der Waals surface area contributed by atoms with Crippen LogP contribution in [0.3, 0.4) is 0 Å². The number of nitro groups is 1. The maximum absolute atomic E-state index is 13.3. The lowest BCUT2D eigenvalue weighted by atomic mass is 9.99. The normalized spacial score (nSPS) is 25.1. The fourth-order valence-electron chi connectivity index (χ4n) is 3.02. The molecule has 1 spiro atoms. The number of anilines is 1. The maximum Gasteiger partial charge on any atom is 0.418 e. The number of ether oxygens (including phenoxy) is 2. The quantitative estimate of drug-likeness (QED) is 0.615. The molecule has 2 aliphatic heterocycles. The SMILES string of the molecule is O=[N+]([O-])c1ccc(N2CCOC3(CCOC3)C2)c(C(F)(F)F)c1. The van der Waals surface area contributed by atoms with Crippen LogP contribution in [0.4, 0.5) is 24.5 Å². The number of benzene rings is 1. The van der Waals surface area contributed by atoms with Crippen molar-refractivity contribution in [1.29, 1.82) is 0 Å². The molecule has 23 heavy (non-hydrogen) atoms. The van der Waals surface area contributed by atoms with Gasteiger partial charge in [0.1, 0.15) is 5.60 Å². The Hall–Kier alpha value is -1.87. The fourth-order valence-corrected chi connectivity index (χ4v) is 3.02. The van der Waals surface area contributed by atoms with Crippen molar-refractivity contribution in [3.63, 3.8) is 0 Å². The maximum atomic E-state index is 13.3. The molecule has 1 atom stereocenters. The minimum Gasteiger partial charge on any atom is -0.378 e. The number of morpholine rings is 1. The molecule has 2 aliphatic rings. The first-order chi connectivity index (χ1) is 10.8. The van der Waals surface area contributed by atoms with Crippen molar-refractivity contribution in [2.75, 3.05) is 37.8 Å². The molecule has 9 heteroatoms. The molecule has 0 aliphatic carbocycles. The Morgan fingerprint density at radius 3 is 2.70 bits per heavy atom. The number of hydrogen-bond acceptors (Lipinski definition) is 5. The average Bonchev–Trinajstić information content (AvgIpc) is 2.93. The molecule has 3 rings (SSSR count). The first-order valence-electron chi connectivity index (χ1n) is 7.13. The Kier molecular flexibility index (Phi) is 3.93. The van der Waals surface area contributed by atoms with Gasteiger partial charge in [-0.2, -0.15) is 13.2 Å². The minimum absolute atomic E-state index is 0.0577. The molecule has 0 radical (unpaired) electrons. The van der Waals surface area contributed by atoms with Crippen LogP contribution >= 0.6 is 0 Å². The summed E-state index contributed by atoms with van der Waals surface area (Å²) in [4.78, 5) is 11.5. The second-order valence-electron chi connectivity index (χ2n) is 5.71. The van der Waals surface area contributed by atoms with Gasteiger partial charge in [-0.25, -0.2) is 0 Å². The molecule has 1 aromatic rings. The largest absolute Gasteiger partial charge is 0.418 e. The number of nitro benzene ring substituents is 1. The van der Waals surface area contributed by atoms with E-state index in [1.54, 1.807) is 4.90 Å². The van der Waals surface area contributed by atoms with Crippen LogP contribution in [0.25, 0.3) is 0 Å². The highest BCUT2D eigenvalue weighted by molar-refractivity contribution is 5.59. The Balaban J connectivity index is 1.96. The predicted octanol–water partition coefficient (Wildman–Crippen LogP) is 2.61. The van der Waals surface area contributed by atoms with Gasteiger partial charge in [0.15, 0.2) is 0 Å². The molecule has 2 heterocycles. The van der Waals surface area contributed by atoms with Crippen LogP contribution in [-0.2, 0) is 15.7 Å². The van der Waals surface area contributed by atoms with Crippen molar-refractivity contribution in [2.24, 2.45) is 0 Å². The van der Waals surface area contributed by atoms with E-state index in [1.165, 1.54) is 0 Å². The van der Waals surface area contributed by atoms with Gasteiger partial charge in [0.25, 0.3) is 5.69 Å². The van der Waals surface area contributed by atoms with Gasteiger partial charge in [0, 0.05) is 43.9 Å².